The van der Waals surface area contributed by atoms with Crippen molar-refractivity contribution < 1.29 is 19.1 Å². The van der Waals surface area contributed by atoms with Gasteiger partial charge < -0.3 is 20.1 Å². The van der Waals surface area contributed by atoms with E-state index in [9.17, 15) is 9.59 Å². The monoisotopic (exact) mass is 439 g/mol. The van der Waals surface area contributed by atoms with E-state index in [4.69, 9.17) is 9.47 Å². The molecule has 31 heavy (non-hydrogen) atoms. The first-order valence-electron chi connectivity index (χ1n) is 10.0. The number of benzene rings is 2. The Morgan fingerprint density at radius 3 is 2.29 bits per heavy atom. The molecule has 0 unspecified atom stereocenters. The first-order valence-corrected chi connectivity index (χ1v) is 10.9. The number of rotatable bonds is 10. The summed E-state index contributed by atoms with van der Waals surface area (Å²) < 4.78 is 10.9. The predicted octanol–water partition coefficient (Wildman–Crippen LogP) is 3.90. The van der Waals surface area contributed by atoms with E-state index >= 15 is 0 Å². The van der Waals surface area contributed by atoms with Gasteiger partial charge in [0.1, 0.15) is 16.5 Å². The lowest BCUT2D eigenvalue weighted by Gasteiger charge is -2.08. The van der Waals surface area contributed by atoms with Crippen LogP contribution in [-0.2, 0) is 16.0 Å². The highest BCUT2D eigenvalue weighted by molar-refractivity contribution is 7.13. The van der Waals surface area contributed by atoms with Gasteiger partial charge in [-0.15, -0.1) is 11.3 Å². The first kappa shape index (κ1) is 22.3. The van der Waals surface area contributed by atoms with Crippen LogP contribution in [0.25, 0.3) is 10.6 Å². The topological polar surface area (TPSA) is 89.6 Å². The molecule has 2 N–H and O–H groups in total. The number of anilines is 1. The number of likely N-dealkylation sites (N-methyl/N-ethyl adjacent to an activating group) is 1. The summed E-state index contributed by atoms with van der Waals surface area (Å²) in [5.74, 6) is 1.05. The van der Waals surface area contributed by atoms with Gasteiger partial charge >= 0.3 is 0 Å². The van der Waals surface area contributed by atoms with Gasteiger partial charge in [-0.1, -0.05) is 0 Å². The third kappa shape index (κ3) is 6.82. The Hall–Kier alpha value is -3.39. The highest BCUT2D eigenvalue weighted by Crippen LogP contribution is 2.26. The molecule has 0 bridgehead atoms. The SMILES string of the molecule is CCNC(=O)COc1ccc(NC(=O)Cc2csc(-c3ccc(OCC)cc3)n2)cc1. The zero-order valence-electron chi connectivity index (χ0n) is 17.5. The van der Waals surface area contributed by atoms with Crippen LogP contribution in [0.2, 0.25) is 0 Å². The zero-order valence-corrected chi connectivity index (χ0v) is 18.3. The predicted molar refractivity (Wildman–Crippen MR) is 122 cm³/mol. The second-order valence-corrected chi connectivity index (χ2v) is 7.45. The van der Waals surface area contributed by atoms with Gasteiger partial charge in [-0.3, -0.25) is 9.59 Å². The molecule has 0 saturated carbocycles. The van der Waals surface area contributed by atoms with Crippen molar-refractivity contribution in [2.24, 2.45) is 0 Å². The average Bonchev–Trinajstić information content (AvgIpc) is 3.22. The molecule has 3 rings (SSSR count). The molecule has 162 valence electrons. The molecule has 0 fully saturated rings. The highest BCUT2D eigenvalue weighted by atomic mass is 32.1. The molecule has 1 aromatic heterocycles. The van der Waals surface area contributed by atoms with Gasteiger partial charge in [0.2, 0.25) is 5.91 Å². The van der Waals surface area contributed by atoms with Gasteiger partial charge in [0.25, 0.3) is 5.91 Å². The Bertz CT molecular complexity index is 1000. The van der Waals surface area contributed by atoms with E-state index in [-0.39, 0.29) is 24.8 Å². The van der Waals surface area contributed by atoms with Gasteiger partial charge in [0, 0.05) is 23.2 Å². The van der Waals surface area contributed by atoms with Crippen molar-refractivity contribution in [1.29, 1.82) is 0 Å². The summed E-state index contributed by atoms with van der Waals surface area (Å²) >= 11 is 1.50. The molecule has 3 aromatic rings. The number of aromatic nitrogens is 1. The van der Waals surface area contributed by atoms with Gasteiger partial charge in [-0.25, -0.2) is 4.98 Å². The molecule has 0 aliphatic rings. The summed E-state index contributed by atoms with van der Waals surface area (Å²) in [6.07, 6.45) is 0.184. The Morgan fingerprint density at radius 1 is 0.935 bits per heavy atom. The van der Waals surface area contributed by atoms with Gasteiger partial charge in [-0.2, -0.15) is 0 Å². The largest absolute Gasteiger partial charge is 0.494 e. The van der Waals surface area contributed by atoms with E-state index in [0.29, 0.717) is 30.3 Å². The molecule has 0 atom stereocenters. The minimum Gasteiger partial charge on any atom is -0.494 e. The summed E-state index contributed by atoms with van der Waals surface area (Å²) in [6.45, 7) is 4.94. The summed E-state index contributed by atoms with van der Waals surface area (Å²) in [6, 6.07) is 14.6. The number of nitrogens with one attached hydrogen (secondary N) is 2. The number of ether oxygens (including phenoxy) is 2. The van der Waals surface area contributed by atoms with Crippen LogP contribution in [0.1, 0.15) is 19.5 Å². The molecule has 0 aliphatic carbocycles. The summed E-state index contributed by atoms with van der Waals surface area (Å²) in [5, 5.41) is 8.27. The Morgan fingerprint density at radius 2 is 1.61 bits per heavy atom. The molecular weight excluding hydrogens is 414 g/mol. The molecule has 0 radical (unpaired) electrons. The van der Waals surface area contributed by atoms with Crippen LogP contribution in [0.3, 0.4) is 0 Å². The lowest BCUT2D eigenvalue weighted by molar-refractivity contribution is -0.123. The highest BCUT2D eigenvalue weighted by Gasteiger charge is 2.10. The number of hydrogen-bond acceptors (Lipinski definition) is 6. The van der Waals surface area contributed by atoms with Crippen molar-refractivity contribution in [2.75, 3.05) is 25.1 Å². The summed E-state index contributed by atoms with van der Waals surface area (Å²) in [4.78, 5) is 28.4. The Balaban J connectivity index is 1.51. The minimum absolute atomic E-state index is 0.0416. The number of carbonyl (C=O) groups is 2. The average molecular weight is 440 g/mol. The van der Waals surface area contributed by atoms with Crippen molar-refractivity contribution in [1.82, 2.24) is 10.3 Å². The van der Waals surface area contributed by atoms with Crippen LogP contribution < -0.4 is 20.1 Å². The van der Waals surface area contributed by atoms with Crippen LogP contribution in [-0.4, -0.2) is 36.6 Å². The van der Waals surface area contributed by atoms with Gasteiger partial charge in [0.05, 0.1) is 18.7 Å². The van der Waals surface area contributed by atoms with Crippen molar-refractivity contribution in [3.8, 4) is 22.1 Å². The normalized spacial score (nSPS) is 10.4. The summed E-state index contributed by atoms with van der Waals surface area (Å²) in [5.41, 5.74) is 2.36. The maximum atomic E-state index is 12.4. The molecule has 8 heteroatoms. The van der Waals surface area contributed by atoms with Crippen LogP contribution >= 0.6 is 11.3 Å². The maximum absolute atomic E-state index is 12.4. The van der Waals surface area contributed by atoms with Crippen LogP contribution in [0, 0.1) is 0 Å². The van der Waals surface area contributed by atoms with E-state index in [0.717, 1.165) is 16.3 Å². The second kappa shape index (κ2) is 11.1. The fourth-order valence-corrected chi connectivity index (χ4v) is 3.61. The Kier molecular flexibility index (Phi) is 8.00. The quantitative estimate of drug-likeness (QED) is 0.500. The summed E-state index contributed by atoms with van der Waals surface area (Å²) in [7, 11) is 0. The molecule has 7 nitrogen and oxygen atoms in total. The fraction of sp³-hybridized carbons (Fsp3) is 0.261. The molecule has 0 saturated heterocycles. The number of thiazole rings is 1. The van der Waals surface area contributed by atoms with Crippen LogP contribution in [0.4, 0.5) is 5.69 Å². The van der Waals surface area contributed by atoms with Gasteiger partial charge in [0.15, 0.2) is 6.61 Å². The maximum Gasteiger partial charge on any atom is 0.257 e. The van der Waals surface area contributed by atoms with Crippen molar-refractivity contribution in [2.45, 2.75) is 20.3 Å². The smallest absolute Gasteiger partial charge is 0.257 e. The van der Waals surface area contributed by atoms with Crippen molar-refractivity contribution in [3.05, 3.63) is 59.6 Å². The Labute approximate surface area is 185 Å². The molecule has 2 aromatic carbocycles. The number of amides is 2. The van der Waals surface area contributed by atoms with E-state index in [2.05, 4.69) is 15.6 Å². The molecule has 0 aliphatic heterocycles. The fourth-order valence-electron chi connectivity index (χ4n) is 2.78. The number of nitrogens with zero attached hydrogens (tertiary/aromatic N) is 1. The third-order valence-corrected chi connectivity index (χ3v) is 5.13. The lowest BCUT2D eigenvalue weighted by Crippen LogP contribution is -2.28. The van der Waals surface area contributed by atoms with Crippen molar-refractivity contribution in [3.63, 3.8) is 0 Å². The van der Waals surface area contributed by atoms with Crippen molar-refractivity contribution >= 4 is 28.8 Å². The molecular formula is C23H25N3O4S. The van der Waals surface area contributed by atoms with E-state index in [1.165, 1.54) is 11.3 Å². The van der Waals surface area contributed by atoms with Gasteiger partial charge in [-0.05, 0) is 62.4 Å². The molecule has 1 heterocycles. The van der Waals surface area contributed by atoms with E-state index in [1.54, 1.807) is 24.3 Å². The number of carbonyl (C=O) groups excluding carboxylic acids is 2. The lowest BCUT2D eigenvalue weighted by atomic mass is 10.2. The van der Waals surface area contributed by atoms with Crippen LogP contribution in [0.5, 0.6) is 11.5 Å². The molecule has 2 amide bonds. The second-order valence-electron chi connectivity index (χ2n) is 6.59. The van der Waals surface area contributed by atoms with E-state index in [1.807, 2.05) is 43.5 Å². The number of hydrogen-bond donors (Lipinski definition) is 2. The molecule has 0 spiro atoms. The van der Waals surface area contributed by atoms with E-state index < -0.39 is 0 Å². The zero-order chi connectivity index (χ0) is 22.1. The van der Waals surface area contributed by atoms with Crippen LogP contribution in [0.15, 0.2) is 53.9 Å². The standard InChI is InChI=1S/C23H25N3O4S/c1-3-24-22(28)14-30-20-11-7-17(8-12-20)25-21(27)13-18-15-31-23(26-18)16-5-9-19(10-6-16)29-4-2/h5-12,15H,3-4,13-14H2,1-2H3,(H,24,28)(H,25,27). The minimum atomic E-state index is -0.173. The third-order valence-electron chi connectivity index (χ3n) is 4.19. The first-order chi connectivity index (χ1) is 15.1.